The Morgan fingerprint density at radius 1 is 1.19 bits per heavy atom. The Morgan fingerprint density at radius 3 is 2.42 bits per heavy atom. The van der Waals surface area contributed by atoms with E-state index in [1.807, 2.05) is 6.92 Å². The van der Waals surface area contributed by atoms with Gasteiger partial charge in [0, 0.05) is 19.2 Å². The SMILES string of the molecule is CCCCOc1cc(-n2c(=O)cc(C(F)(F)F)n(C)c2=O)c(F)cc1Br. The highest BCUT2D eigenvalue weighted by molar-refractivity contribution is 9.10. The van der Waals surface area contributed by atoms with Gasteiger partial charge >= 0.3 is 11.9 Å². The van der Waals surface area contributed by atoms with E-state index in [-0.39, 0.29) is 20.9 Å². The van der Waals surface area contributed by atoms with Crippen LogP contribution in [0.25, 0.3) is 5.69 Å². The second kappa shape index (κ2) is 7.65. The van der Waals surface area contributed by atoms with Crippen LogP contribution >= 0.6 is 15.9 Å². The Bertz CT molecular complexity index is 935. The summed E-state index contributed by atoms with van der Waals surface area (Å²) in [5.41, 5.74) is -4.51. The van der Waals surface area contributed by atoms with Crippen molar-refractivity contribution in [3.8, 4) is 11.4 Å². The molecule has 5 nitrogen and oxygen atoms in total. The Kier molecular flexibility index (Phi) is 5.94. The molecule has 2 rings (SSSR count). The maximum absolute atomic E-state index is 14.3. The molecule has 0 fully saturated rings. The third-order valence-corrected chi connectivity index (χ3v) is 4.23. The number of nitrogens with zero attached hydrogens (tertiary/aromatic N) is 2. The lowest BCUT2D eigenvalue weighted by molar-refractivity contribution is -0.144. The van der Waals surface area contributed by atoms with E-state index in [2.05, 4.69) is 15.9 Å². The van der Waals surface area contributed by atoms with Gasteiger partial charge in [0.05, 0.1) is 16.8 Å². The number of hydrogen-bond donors (Lipinski definition) is 0. The van der Waals surface area contributed by atoms with E-state index in [1.54, 1.807) is 0 Å². The molecule has 0 N–H and O–H groups in total. The fourth-order valence-corrected chi connectivity index (χ4v) is 2.68. The van der Waals surface area contributed by atoms with Crippen molar-refractivity contribution in [1.82, 2.24) is 9.13 Å². The molecule has 1 heterocycles. The molecule has 0 aliphatic carbocycles. The highest BCUT2D eigenvalue weighted by Gasteiger charge is 2.35. The lowest BCUT2D eigenvalue weighted by Crippen LogP contribution is -2.41. The van der Waals surface area contributed by atoms with Crippen LogP contribution in [-0.2, 0) is 13.2 Å². The first-order valence-electron chi connectivity index (χ1n) is 7.60. The van der Waals surface area contributed by atoms with Crippen LogP contribution in [0.1, 0.15) is 25.5 Å². The number of halogens is 5. The summed E-state index contributed by atoms with van der Waals surface area (Å²) in [6, 6.07) is 2.34. The third kappa shape index (κ3) is 4.00. The van der Waals surface area contributed by atoms with Gasteiger partial charge in [0.2, 0.25) is 0 Å². The summed E-state index contributed by atoms with van der Waals surface area (Å²) in [5, 5.41) is 0. The zero-order valence-electron chi connectivity index (χ0n) is 13.9. The van der Waals surface area contributed by atoms with Gasteiger partial charge in [-0.05, 0) is 28.4 Å². The number of benzene rings is 1. The summed E-state index contributed by atoms with van der Waals surface area (Å²) >= 11 is 3.11. The quantitative estimate of drug-likeness (QED) is 0.528. The number of alkyl halides is 3. The second-order valence-corrected chi connectivity index (χ2v) is 6.33. The van der Waals surface area contributed by atoms with Gasteiger partial charge in [0.15, 0.2) is 0 Å². The van der Waals surface area contributed by atoms with Gasteiger partial charge in [0.1, 0.15) is 17.3 Å². The molecule has 2 aromatic rings. The van der Waals surface area contributed by atoms with E-state index in [9.17, 15) is 27.2 Å². The predicted octanol–water partition coefficient (Wildman–Crippen LogP) is 3.64. The molecular weight excluding hydrogens is 424 g/mol. The van der Waals surface area contributed by atoms with Crippen molar-refractivity contribution in [1.29, 1.82) is 0 Å². The van der Waals surface area contributed by atoms with E-state index < -0.39 is 34.6 Å². The Labute approximate surface area is 154 Å². The van der Waals surface area contributed by atoms with Gasteiger partial charge in [0.25, 0.3) is 5.56 Å². The Morgan fingerprint density at radius 2 is 1.85 bits per heavy atom. The molecule has 0 spiro atoms. The Hall–Kier alpha value is -2.10. The molecule has 0 radical (unpaired) electrons. The molecule has 0 saturated carbocycles. The van der Waals surface area contributed by atoms with Crippen molar-refractivity contribution in [3.05, 3.63) is 55.0 Å². The number of ether oxygens (including phenoxy) is 1. The first kappa shape index (κ1) is 20.2. The number of aromatic nitrogens is 2. The van der Waals surface area contributed by atoms with Crippen LogP contribution in [0.3, 0.4) is 0 Å². The Balaban J connectivity index is 2.65. The van der Waals surface area contributed by atoms with Gasteiger partial charge < -0.3 is 4.74 Å². The molecule has 0 aliphatic heterocycles. The van der Waals surface area contributed by atoms with Crippen LogP contribution < -0.4 is 16.0 Å². The molecule has 1 aromatic heterocycles. The maximum atomic E-state index is 14.3. The van der Waals surface area contributed by atoms with E-state index in [1.165, 1.54) is 0 Å². The lowest BCUT2D eigenvalue weighted by atomic mass is 10.2. The van der Waals surface area contributed by atoms with E-state index in [4.69, 9.17) is 4.74 Å². The van der Waals surface area contributed by atoms with Crippen LogP contribution in [0, 0.1) is 5.82 Å². The van der Waals surface area contributed by atoms with Crippen molar-refractivity contribution >= 4 is 15.9 Å². The fraction of sp³-hybridized carbons (Fsp3) is 0.375. The van der Waals surface area contributed by atoms with Crippen molar-refractivity contribution in [2.24, 2.45) is 7.05 Å². The van der Waals surface area contributed by atoms with Crippen LogP contribution in [0.4, 0.5) is 17.6 Å². The maximum Gasteiger partial charge on any atom is 0.431 e. The summed E-state index contributed by atoms with van der Waals surface area (Å²) in [6.45, 7) is 2.26. The van der Waals surface area contributed by atoms with Crippen LogP contribution in [0.2, 0.25) is 0 Å². The van der Waals surface area contributed by atoms with Gasteiger partial charge in [-0.2, -0.15) is 13.2 Å². The molecule has 0 atom stereocenters. The van der Waals surface area contributed by atoms with Crippen LogP contribution in [0.5, 0.6) is 5.75 Å². The number of rotatable bonds is 5. The van der Waals surface area contributed by atoms with Crippen molar-refractivity contribution in [3.63, 3.8) is 0 Å². The lowest BCUT2D eigenvalue weighted by Gasteiger charge is -2.15. The monoisotopic (exact) mass is 438 g/mol. The molecule has 0 saturated heterocycles. The van der Waals surface area contributed by atoms with Crippen LogP contribution in [-0.4, -0.2) is 15.7 Å². The minimum atomic E-state index is -4.89. The van der Waals surface area contributed by atoms with Gasteiger partial charge in [-0.1, -0.05) is 13.3 Å². The summed E-state index contributed by atoms with van der Waals surface area (Å²) in [5.74, 6) is -0.789. The zero-order valence-corrected chi connectivity index (χ0v) is 15.4. The molecule has 1 aromatic carbocycles. The molecule has 0 unspecified atom stereocenters. The smallest absolute Gasteiger partial charge is 0.431 e. The van der Waals surface area contributed by atoms with Crippen molar-refractivity contribution in [2.75, 3.05) is 6.61 Å². The topological polar surface area (TPSA) is 53.2 Å². The van der Waals surface area contributed by atoms with Gasteiger partial charge in [-0.3, -0.25) is 9.36 Å². The van der Waals surface area contributed by atoms with Crippen molar-refractivity contribution < 1.29 is 22.3 Å². The average Bonchev–Trinajstić information content (AvgIpc) is 2.53. The van der Waals surface area contributed by atoms with E-state index in [0.29, 0.717) is 11.2 Å². The first-order chi connectivity index (χ1) is 12.1. The highest BCUT2D eigenvalue weighted by atomic mass is 79.9. The summed E-state index contributed by atoms with van der Waals surface area (Å²) in [4.78, 5) is 24.4. The van der Waals surface area contributed by atoms with E-state index in [0.717, 1.165) is 32.0 Å². The third-order valence-electron chi connectivity index (χ3n) is 3.61. The van der Waals surface area contributed by atoms with Gasteiger partial charge in [-0.15, -0.1) is 0 Å². The molecule has 0 aliphatic rings. The minimum absolute atomic E-state index is 0.170. The second-order valence-electron chi connectivity index (χ2n) is 5.48. The predicted molar refractivity (Wildman–Crippen MR) is 90.3 cm³/mol. The minimum Gasteiger partial charge on any atom is -0.492 e. The summed E-state index contributed by atoms with van der Waals surface area (Å²) < 4.78 is 59.3. The molecule has 142 valence electrons. The summed E-state index contributed by atoms with van der Waals surface area (Å²) in [6.07, 6.45) is -3.31. The number of hydrogen-bond acceptors (Lipinski definition) is 3. The molecule has 0 bridgehead atoms. The molecule has 26 heavy (non-hydrogen) atoms. The zero-order chi connectivity index (χ0) is 19.6. The normalized spacial score (nSPS) is 11.7. The number of unbranched alkanes of at least 4 members (excludes halogenated alkanes) is 1. The first-order valence-corrected chi connectivity index (χ1v) is 8.39. The van der Waals surface area contributed by atoms with Gasteiger partial charge in [-0.25, -0.2) is 13.8 Å². The summed E-state index contributed by atoms with van der Waals surface area (Å²) in [7, 11) is 0.858. The van der Waals surface area contributed by atoms with E-state index >= 15 is 0 Å². The highest BCUT2D eigenvalue weighted by Crippen LogP contribution is 2.30. The standard InChI is InChI=1S/C16H15BrF4N2O3/c1-3-4-5-26-12-7-11(10(18)6-9(12)17)23-14(24)8-13(16(19,20)21)22(2)15(23)25/h6-8H,3-5H2,1-2H3. The van der Waals surface area contributed by atoms with Crippen molar-refractivity contribution in [2.45, 2.75) is 25.9 Å². The van der Waals surface area contributed by atoms with Crippen LogP contribution in [0.15, 0.2) is 32.3 Å². The fourth-order valence-electron chi connectivity index (χ4n) is 2.25. The molecule has 0 amide bonds. The average molecular weight is 439 g/mol. The largest absolute Gasteiger partial charge is 0.492 e. The molecule has 10 heteroatoms. The molecular formula is C16H15BrF4N2O3.